The van der Waals surface area contributed by atoms with E-state index in [1.54, 1.807) is 14.2 Å². The van der Waals surface area contributed by atoms with Gasteiger partial charge in [-0.15, -0.1) is 0 Å². The van der Waals surface area contributed by atoms with Crippen molar-refractivity contribution < 1.29 is 28.5 Å². The zero-order valence-electron chi connectivity index (χ0n) is 24.1. The van der Waals surface area contributed by atoms with Gasteiger partial charge in [-0.3, -0.25) is 9.59 Å². The summed E-state index contributed by atoms with van der Waals surface area (Å²) in [6.07, 6.45) is 8.98. The Hall–Kier alpha value is -2.24. The summed E-state index contributed by atoms with van der Waals surface area (Å²) in [4.78, 5) is 25.1. The van der Waals surface area contributed by atoms with E-state index >= 15 is 0 Å². The molecule has 0 fully saturated rings. The standard InChI is InChI=1S/C30H50O6/c1-9-11-13-15-17-35-27(31)21-29(3,4)23-19-26(34-8)24(20-25(23)33-7)30(5,6)22-28(32)36-18-16-14-12-10-2/h19-20H,9-18,21-22H2,1-8H3. The minimum atomic E-state index is -0.529. The van der Waals surface area contributed by atoms with Crippen LogP contribution in [0.2, 0.25) is 0 Å². The van der Waals surface area contributed by atoms with Crippen molar-refractivity contribution in [1.29, 1.82) is 0 Å². The van der Waals surface area contributed by atoms with E-state index < -0.39 is 10.8 Å². The van der Waals surface area contributed by atoms with Gasteiger partial charge in [0.25, 0.3) is 0 Å². The molecule has 1 aromatic carbocycles. The summed E-state index contributed by atoms with van der Waals surface area (Å²) < 4.78 is 22.5. The largest absolute Gasteiger partial charge is 0.496 e. The predicted octanol–water partition coefficient (Wildman–Crippen LogP) is 7.29. The first-order valence-electron chi connectivity index (χ1n) is 13.6. The van der Waals surface area contributed by atoms with Gasteiger partial charge in [0.2, 0.25) is 0 Å². The molecular formula is C30H50O6. The van der Waals surface area contributed by atoms with Gasteiger partial charge in [-0.2, -0.15) is 0 Å². The second-order valence-electron chi connectivity index (χ2n) is 10.9. The van der Waals surface area contributed by atoms with Crippen LogP contribution in [0, 0.1) is 0 Å². The third-order valence-corrected chi connectivity index (χ3v) is 6.67. The molecule has 6 heteroatoms. The van der Waals surface area contributed by atoms with Crippen LogP contribution in [0.25, 0.3) is 0 Å². The summed E-state index contributed by atoms with van der Waals surface area (Å²) >= 11 is 0. The third kappa shape index (κ3) is 10.4. The van der Waals surface area contributed by atoms with Gasteiger partial charge in [0, 0.05) is 22.0 Å². The van der Waals surface area contributed by atoms with Crippen molar-refractivity contribution in [3.63, 3.8) is 0 Å². The summed E-state index contributed by atoms with van der Waals surface area (Å²) in [7, 11) is 3.24. The first kappa shape index (κ1) is 31.8. The Labute approximate surface area is 219 Å². The van der Waals surface area contributed by atoms with Crippen LogP contribution in [0.1, 0.15) is 117 Å². The molecule has 1 rings (SSSR count). The molecule has 0 N–H and O–H groups in total. The molecule has 6 nitrogen and oxygen atoms in total. The van der Waals surface area contributed by atoms with E-state index in [9.17, 15) is 9.59 Å². The zero-order chi connectivity index (χ0) is 27.2. The van der Waals surface area contributed by atoms with Crippen LogP contribution in [-0.2, 0) is 29.9 Å². The minimum Gasteiger partial charge on any atom is -0.496 e. The Bertz CT molecular complexity index is 744. The highest BCUT2D eigenvalue weighted by Gasteiger charge is 2.34. The molecular weight excluding hydrogens is 456 g/mol. The van der Waals surface area contributed by atoms with E-state index in [0.29, 0.717) is 24.7 Å². The van der Waals surface area contributed by atoms with E-state index in [2.05, 4.69) is 13.8 Å². The molecule has 0 saturated heterocycles. The van der Waals surface area contributed by atoms with Gasteiger partial charge in [0.05, 0.1) is 40.3 Å². The van der Waals surface area contributed by atoms with Crippen molar-refractivity contribution in [1.82, 2.24) is 0 Å². The highest BCUT2D eigenvalue weighted by Crippen LogP contribution is 2.43. The number of carbonyl (C=O) groups is 2. The molecule has 0 heterocycles. The van der Waals surface area contributed by atoms with Crippen LogP contribution in [0.4, 0.5) is 0 Å². The number of esters is 2. The number of carbonyl (C=O) groups excluding carboxylic acids is 2. The van der Waals surface area contributed by atoms with Crippen LogP contribution in [0.3, 0.4) is 0 Å². The van der Waals surface area contributed by atoms with E-state index in [0.717, 1.165) is 62.5 Å². The number of ether oxygens (including phenoxy) is 4. The lowest BCUT2D eigenvalue weighted by atomic mass is 9.76. The summed E-state index contributed by atoms with van der Waals surface area (Å²) in [5, 5.41) is 0. The lowest BCUT2D eigenvalue weighted by Crippen LogP contribution is -2.27. The zero-order valence-corrected chi connectivity index (χ0v) is 24.1. The van der Waals surface area contributed by atoms with Gasteiger partial charge in [0.15, 0.2) is 0 Å². The maximum atomic E-state index is 12.6. The molecule has 0 atom stereocenters. The Morgan fingerprint density at radius 3 is 1.31 bits per heavy atom. The van der Waals surface area contributed by atoms with Crippen molar-refractivity contribution in [3.05, 3.63) is 23.3 Å². The maximum Gasteiger partial charge on any atom is 0.306 e. The van der Waals surface area contributed by atoms with E-state index in [1.807, 2.05) is 39.8 Å². The van der Waals surface area contributed by atoms with Gasteiger partial charge in [-0.05, 0) is 25.0 Å². The van der Waals surface area contributed by atoms with Gasteiger partial charge in [-0.25, -0.2) is 0 Å². The fourth-order valence-electron chi connectivity index (χ4n) is 4.40. The Kier molecular flexibility index (Phi) is 13.9. The maximum absolute atomic E-state index is 12.6. The average Bonchev–Trinajstić information content (AvgIpc) is 2.82. The van der Waals surface area contributed by atoms with Crippen molar-refractivity contribution >= 4 is 11.9 Å². The lowest BCUT2D eigenvalue weighted by Gasteiger charge is -2.31. The molecule has 206 valence electrons. The Balaban J connectivity index is 3.00. The molecule has 0 aliphatic rings. The second kappa shape index (κ2) is 15.8. The van der Waals surface area contributed by atoms with Crippen molar-refractivity contribution in [2.24, 2.45) is 0 Å². The van der Waals surface area contributed by atoms with Crippen LogP contribution in [0.15, 0.2) is 12.1 Å². The first-order valence-corrected chi connectivity index (χ1v) is 13.6. The summed E-state index contributed by atoms with van der Waals surface area (Å²) in [6, 6.07) is 3.86. The molecule has 0 amide bonds. The third-order valence-electron chi connectivity index (χ3n) is 6.67. The van der Waals surface area contributed by atoms with Crippen LogP contribution in [-0.4, -0.2) is 39.4 Å². The molecule has 0 saturated carbocycles. The number of methoxy groups -OCH3 is 2. The van der Waals surface area contributed by atoms with Gasteiger partial charge in [0.1, 0.15) is 11.5 Å². The first-order chi connectivity index (χ1) is 17.0. The fraction of sp³-hybridized carbons (Fsp3) is 0.733. The van der Waals surface area contributed by atoms with E-state index in [4.69, 9.17) is 18.9 Å². The number of benzene rings is 1. The normalized spacial score (nSPS) is 11.8. The monoisotopic (exact) mass is 506 g/mol. The van der Waals surface area contributed by atoms with Crippen molar-refractivity contribution in [3.8, 4) is 11.5 Å². The predicted molar refractivity (Wildman–Crippen MR) is 145 cm³/mol. The summed E-state index contributed by atoms with van der Waals surface area (Å²) in [5.74, 6) is 0.882. The molecule has 0 unspecified atom stereocenters. The average molecular weight is 507 g/mol. The fourth-order valence-corrected chi connectivity index (χ4v) is 4.40. The second-order valence-corrected chi connectivity index (χ2v) is 10.9. The van der Waals surface area contributed by atoms with Crippen molar-refractivity contribution in [2.75, 3.05) is 27.4 Å². The SMILES string of the molecule is CCCCCCOC(=O)CC(C)(C)c1cc(OC)c(C(C)(C)CC(=O)OCCCCCC)cc1OC. The molecule has 1 aromatic rings. The van der Waals surface area contributed by atoms with Crippen LogP contribution < -0.4 is 9.47 Å². The molecule has 0 aliphatic carbocycles. The lowest BCUT2D eigenvalue weighted by molar-refractivity contribution is -0.146. The molecule has 0 spiro atoms. The molecule has 0 aliphatic heterocycles. The Morgan fingerprint density at radius 2 is 1.00 bits per heavy atom. The quantitative estimate of drug-likeness (QED) is 0.154. The highest BCUT2D eigenvalue weighted by atomic mass is 16.5. The molecule has 0 radical (unpaired) electrons. The van der Waals surface area contributed by atoms with Crippen LogP contribution >= 0.6 is 0 Å². The van der Waals surface area contributed by atoms with E-state index in [-0.39, 0.29) is 24.8 Å². The topological polar surface area (TPSA) is 71.1 Å². The minimum absolute atomic E-state index is 0.219. The summed E-state index contributed by atoms with van der Waals surface area (Å²) in [6.45, 7) is 13.2. The van der Waals surface area contributed by atoms with E-state index in [1.165, 1.54) is 0 Å². The number of unbranched alkanes of at least 4 members (excludes halogenated alkanes) is 6. The number of hydrogen-bond donors (Lipinski definition) is 0. The highest BCUT2D eigenvalue weighted by molar-refractivity contribution is 5.73. The van der Waals surface area contributed by atoms with Gasteiger partial charge < -0.3 is 18.9 Å². The van der Waals surface area contributed by atoms with Gasteiger partial charge in [-0.1, -0.05) is 80.1 Å². The smallest absolute Gasteiger partial charge is 0.306 e. The van der Waals surface area contributed by atoms with Gasteiger partial charge >= 0.3 is 11.9 Å². The Morgan fingerprint density at radius 1 is 0.639 bits per heavy atom. The molecule has 0 aromatic heterocycles. The number of hydrogen-bond acceptors (Lipinski definition) is 6. The van der Waals surface area contributed by atoms with Crippen LogP contribution in [0.5, 0.6) is 11.5 Å². The summed E-state index contributed by atoms with van der Waals surface area (Å²) in [5.41, 5.74) is 0.670. The molecule has 0 bridgehead atoms. The van der Waals surface area contributed by atoms with Crippen molar-refractivity contribution in [2.45, 2.75) is 117 Å². The molecule has 36 heavy (non-hydrogen) atoms. The number of rotatable bonds is 18.